The highest BCUT2D eigenvalue weighted by molar-refractivity contribution is 5.91. The first-order chi connectivity index (χ1) is 8.61. The van der Waals surface area contributed by atoms with Gasteiger partial charge in [-0.3, -0.25) is 9.88 Å². The molecule has 1 saturated carbocycles. The summed E-state index contributed by atoms with van der Waals surface area (Å²) in [6.07, 6.45) is 0.842. The smallest absolute Gasteiger partial charge is 0.319 e. The summed E-state index contributed by atoms with van der Waals surface area (Å²) in [4.78, 5) is 16.4. The first-order valence-electron chi connectivity index (χ1n) is 5.88. The van der Waals surface area contributed by atoms with Gasteiger partial charge in [0.25, 0.3) is 0 Å². The number of nitrogens with zero attached hydrogens (tertiary/aromatic N) is 2. The van der Waals surface area contributed by atoms with Gasteiger partial charge in [0.1, 0.15) is 6.17 Å². The standard InChI is InChI=1S/C12H15F2N3O/c13-9-4-1-5-10(11(9)14)17(12(15)18)8-3-2-6-16-7-8/h2-3,6-7,9-11H,1,4-5H2,(H2,15,18). The van der Waals surface area contributed by atoms with E-state index in [0.29, 0.717) is 18.5 Å². The number of carbonyl (C=O) groups excluding carboxylic acids is 1. The van der Waals surface area contributed by atoms with Crippen molar-refractivity contribution in [1.29, 1.82) is 0 Å². The van der Waals surface area contributed by atoms with Gasteiger partial charge >= 0.3 is 6.03 Å². The van der Waals surface area contributed by atoms with Gasteiger partial charge in [-0.15, -0.1) is 0 Å². The third-order valence-electron chi connectivity index (χ3n) is 3.19. The number of pyridine rings is 1. The average Bonchev–Trinajstić information content (AvgIpc) is 2.36. The first kappa shape index (κ1) is 12.7. The Balaban J connectivity index is 2.28. The van der Waals surface area contributed by atoms with Crippen LogP contribution in [0, 0.1) is 0 Å². The van der Waals surface area contributed by atoms with E-state index >= 15 is 0 Å². The number of amides is 2. The molecule has 2 rings (SSSR count). The van der Waals surface area contributed by atoms with Crippen LogP contribution in [0.25, 0.3) is 0 Å². The molecule has 1 aliphatic carbocycles. The monoisotopic (exact) mass is 255 g/mol. The lowest BCUT2D eigenvalue weighted by atomic mass is 9.90. The molecule has 2 amide bonds. The number of aromatic nitrogens is 1. The third-order valence-corrected chi connectivity index (χ3v) is 3.19. The van der Waals surface area contributed by atoms with Gasteiger partial charge in [-0.25, -0.2) is 13.6 Å². The van der Waals surface area contributed by atoms with E-state index < -0.39 is 24.4 Å². The van der Waals surface area contributed by atoms with Crippen molar-refractivity contribution in [2.45, 2.75) is 37.6 Å². The van der Waals surface area contributed by atoms with Gasteiger partial charge < -0.3 is 5.73 Å². The Kier molecular flexibility index (Phi) is 3.74. The van der Waals surface area contributed by atoms with E-state index in [2.05, 4.69) is 4.98 Å². The van der Waals surface area contributed by atoms with Crippen molar-refractivity contribution < 1.29 is 13.6 Å². The molecular formula is C12H15F2N3O. The minimum atomic E-state index is -1.70. The molecule has 1 fully saturated rings. The van der Waals surface area contributed by atoms with Crippen LogP contribution < -0.4 is 10.6 Å². The van der Waals surface area contributed by atoms with Crippen LogP contribution in [-0.4, -0.2) is 29.4 Å². The lowest BCUT2D eigenvalue weighted by molar-refractivity contribution is 0.0990. The van der Waals surface area contributed by atoms with Crippen LogP contribution in [0.3, 0.4) is 0 Å². The average molecular weight is 255 g/mol. The van der Waals surface area contributed by atoms with Gasteiger partial charge in [0.15, 0.2) is 6.17 Å². The van der Waals surface area contributed by atoms with Crippen molar-refractivity contribution in [3.63, 3.8) is 0 Å². The molecule has 3 atom stereocenters. The number of nitrogens with two attached hydrogens (primary N) is 1. The van der Waals surface area contributed by atoms with Crippen molar-refractivity contribution in [1.82, 2.24) is 4.98 Å². The van der Waals surface area contributed by atoms with Gasteiger partial charge in [-0.1, -0.05) is 0 Å². The molecular weight excluding hydrogens is 240 g/mol. The van der Waals surface area contributed by atoms with Crippen LogP contribution in [-0.2, 0) is 0 Å². The van der Waals surface area contributed by atoms with Crippen LogP contribution in [0.4, 0.5) is 19.3 Å². The van der Waals surface area contributed by atoms with E-state index in [0.717, 1.165) is 4.90 Å². The molecule has 18 heavy (non-hydrogen) atoms. The normalized spacial score (nSPS) is 27.8. The fourth-order valence-electron chi connectivity index (χ4n) is 2.33. The number of urea groups is 1. The zero-order valence-corrected chi connectivity index (χ0v) is 9.80. The highest BCUT2D eigenvalue weighted by atomic mass is 19.2. The zero-order chi connectivity index (χ0) is 13.1. The van der Waals surface area contributed by atoms with E-state index in [4.69, 9.17) is 5.73 Å². The SMILES string of the molecule is NC(=O)N(c1cccnc1)C1CCCC(F)C1F. The lowest BCUT2D eigenvalue weighted by Gasteiger charge is -2.36. The molecule has 1 aromatic rings. The van der Waals surface area contributed by atoms with E-state index in [1.54, 1.807) is 12.1 Å². The van der Waals surface area contributed by atoms with Crippen LogP contribution in [0.5, 0.6) is 0 Å². The second kappa shape index (κ2) is 5.29. The summed E-state index contributed by atoms with van der Waals surface area (Å²) in [6, 6.07) is 1.58. The largest absolute Gasteiger partial charge is 0.351 e. The predicted molar refractivity (Wildman–Crippen MR) is 63.7 cm³/mol. The topological polar surface area (TPSA) is 59.2 Å². The first-order valence-corrected chi connectivity index (χ1v) is 5.88. The molecule has 1 aliphatic rings. The summed E-state index contributed by atoms with van der Waals surface area (Å²) >= 11 is 0. The molecule has 1 aromatic heterocycles. The maximum Gasteiger partial charge on any atom is 0.319 e. The summed E-state index contributed by atoms with van der Waals surface area (Å²) in [7, 11) is 0. The molecule has 0 aliphatic heterocycles. The Morgan fingerprint density at radius 1 is 1.44 bits per heavy atom. The number of alkyl halides is 2. The Morgan fingerprint density at radius 3 is 2.83 bits per heavy atom. The number of hydrogen-bond donors (Lipinski definition) is 1. The number of halogens is 2. The number of anilines is 1. The molecule has 4 nitrogen and oxygen atoms in total. The van der Waals surface area contributed by atoms with Gasteiger partial charge in [0.05, 0.1) is 17.9 Å². The lowest BCUT2D eigenvalue weighted by Crippen LogP contribution is -2.52. The Hall–Kier alpha value is -1.72. The summed E-state index contributed by atoms with van der Waals surface area (Å²) in [5, 5.41) is 0. The molecule has 1 heterocycles. The molecule has 0 aromatic carbocycles. The zero-order valence-electron chi connectivity index (χ0n) is 9.80. The highest BCUT2D eigenvalue weighted by Gasteiger charge is 2.39. The third kappa shape index (κ3) is 2.42. The summed E-state index contributed by atoms with van der Waals surface area (Å²) in [6.45, 7) is 0. The molecule has 2 N–H and O–H groups in total. The van der Waals surface area contributed by atoms with Crippen molar-refractivity contribution in [2.24, 2.45) is 5.73 Å². The fraction of sp³-hybridized carbons (Fsp3) is 0.500. The second-order valence-electron chi connectivity index (χ2n) is 4.38. The Morgan fingerprint density at radius 2 is 2.22 bits per heavy atom. The number of rotatable bonds is 2. The van der Waals surface area contributed by atoms with Crippen molar-refractivity contribution in [3.8, 4) is 0 Å². The summed E-state index contributed by atoms with van der Waals surface area (Å²) < 4.78 is 27.3. The Bertz CT molecular complexity index is 415. The van der Waals surface area contributed by atoms with Crippen LogP contribution in [0.2, 0.25) is 0 Å². The maximum absolute atomic E-state index is 13.9. The van der Waals surface area contributed by atoms with Crippen LogP contribution in [0.15, 0.2) is 24.5 Å². The quantitative estimate of drug-likeness (QED) is 0.880. The Labute approximate surface area is 104 Å². The van der Waals surface area contributed by atoms with Crippen molar-refractivity contribution >= 4 is 11.7 Å². The number of primary amides is 1. The molecule has 3 unspecified atom stereocenters. The number of carbonyl (C=O) groups is 1. The van der Waals surface area contributed by atoms with Gasteiger partial charge in [0, 0.05) is 6.20 Å². The minimum Gasteiger partial charge on any atom is -0.351 e. The molecule has 98 valence electrons. The van der Waals surface area contributed by atoms with Crippen LogP contribution >= 0.6 is 0 Å². The molecule has 0 spiro atoms. The minimum absolute atomic E-state index is 0.192. The molecule has 6 heteroatoms. The fourth-order valence-corrected chi connectivity index (χ4v) is 2.33. The van der Waals surface area contributed by atoms with Gasteiger partial charge in [0.2, 0.25) is 0 Å². The van der Waals surface area contributed by atoms with E-state index in [9.17, 15) is 13.6 Å². The van der Waals surface area contributed by atoms with Crippen LogP contribution in [0.1, 0.15) is 19.3 Å². The van der Waals surface area contributed by atoms with Gasteiger partial charge in [-0.05, 0) is 31.4 Å². The van der Waals surface area contributed by atoms with E-state index in [-0.39, 0.29) is 6.42 Å². The number of hydrogen-bond acceptors (Lipinski definition) is 2. The summed E-state index contributed by atoms with van der Waals surface area (Å²) in [5.41, 5.74) is 5.67. The van der Waals surface area contributed by atoms with Crippen molar-refractivity contribution in [3.05, 3.63) is 24.5 Å². The predicted octanol–water partition coefficient (Wildman–Crippen LogP) is 2.20. The van der Waals surface area contributed by atoms with Gasteiger partial charge in [-0.2, -0.15) is 0 Å². The molecule has 0 saturated heterocycles. The maximum atomic E-state index is 13.9. The molecule has 0 radical (unpaired) electrons. The highest BCUT2D eigenvalue weighted by Crippen LogP contribution is 2.30. The van der Waals surface area contributed by atoms with Crippen molar-refractivity contribution in [2.75, 3.05) is 4.90 Å². The second-order valence-corrected chi connectivity index (χ2v) is 4.38. The summed E-state index contributed by atoms with van der Waals surface area (Å²) in [5.74, 6) is 0. The van der Waals surface area contributed by atoms with E-state index in [1.807, 2.05) is 0 Å². The molecule has 0 bridgehead atoms. The van der Waals surface area contributed by atoms with E-state index in [1.165, 1.54) is 12.4 Å².